The maximum atomic E-state index is 15.9. The molecule has 7 N–H and O–H groups in total. The number of ether oxygens (including phenoxy) is 2. The molecule has 16 rings (SSSR count). The average Bonchev–Trinajstić information content (AvgIpc) is 1.38. The molecule has 88 heavy (non-hydrogen) atoms. The third-order valence-corrected chi connectivity index (χ3v) is 27.3. The van der Waals surface area contributed by atoms with Gasteiger partial charge in [0, 0.05) is 84.6 Å². The SMILES string of the molecule is CCC1(/C=C2\OC(=O)C3=C2CC[C@H]2[C@@H]4CC[C@@]5(C6=C4[C@@H](CN4C(=O)C=CC4=O)C4=CCNC(=C4)NCSS[C@@H](N[C@@H]4CC[C@@H]7CCC[C@@H](Cc8cnc[nH]8)[C@H]7[C@H]4O)[C@H]([C@@H]4[C@@H]7C[C@H]8C[C@@H](CO)C[C@H](CO)C#C[C@@H]7C=C[C@@H]4C8)C/C=C/5OC6=O)[C@@H]32)CCCC1. The van der Waals surface area contributed by atoms with Gasteiger partial charge in [0.15, 0.2) is 0 Å². The molecule has 5 aliphatic heterocycles. The summed E-state index contributed by atoms with van der Waals surface area (Å²) in [5.41, 5.74) is 4.19. The van der Waals surface area contributed by atoms with E-state index < -0.39 is 29.3 Å². The van der Waals surface area contributed by atoms with E-state index in [0.717, 1.165) is 131 Å². The van der Waals surface area contributed by atoms with E-state index in [9.17, 15) is 24.9 Å². The van der Waals surface area contributed by atoms with Crippen molar-refractivity contribution < 1.29 is 44.0 Å². The lowest BCUT2D eigenvalue weighted by Crippen LogP contribution is -2.57. The number of fused-ring (bicyclic) bond motifs is 5. The number of amides is 2. The van der Waals surface area contributed by atoms with Crippen molar-refractivity contribution in [3.05, 3.63) is 112 Å². The molecule has 0 unspecified atom stereocenters. The number of carbonyl (C=O) groups is 4. The van der Waals surface area contributed by atoms with Crippen LogP contribution in [0.5, 0.6) is 0 Å². The van der Waals surface area contributed by atoms with Crippen LogP contribution in [-0.4, -0.2) is 104 Å². The largest absolute Gasteiger partial charge is 0.427 e. The first-order valence-electron chi connectivity index (χ1n) is 33.8. The monoisotopic (exact) mass is 1230 g/mol. The highest BCUT2D eigenvalue weighted by atomic mass is 33.1. The summed E-state index contributed by atoms with van der Waals surface area (Å²) < 4.78 is 13.6. The molecule has 6 fully saturated rings. The van der Waals surface area contributed by atoms with E-state index >= 15 is 9.59 Å². The number of hydrogen-bond acceptors (Lipinski definition) is 15. The number of H-pyrrole nitrogens is 1. The van der Waals surface area contributed by atoms with Crippen molar-refractivity contribution in [3.8, 4) is 11.8 Å². The summed E-state index contributed by atoms with van der Waals surface area (Å²) in [4.78, 5) is 67.6. The second kappa shape index (κ2) is 24.2. The van der Waals surface area contributed by atoms with E-state index in [2.05, 4.69) is 81.1 Å². The summed E-state index contributed by atoms with van der Waals surface area (Å²) in [7, 11) is 3.60. The van der Waals surface area contributed by atoms with Crippen LogP contribution in [0.3, 0.4) is 0 Å². The zero-order valence-corrected chi connectivity index (χ0v) is 52.5. The second-order valence-electron chi connectivity index (χ2n) is 29.0. The van der Waals surface area contributed by atoms with E-state index in [4.69, 9.17) is 9.47 Å². The van der Waals surface area contributed by atoms with Gasteiger partial charge in [-0.05, 0) is 203 Å². The van der Waals surface area contributed by atoms with Crippen molar-refractivity contribution >= 4 is 45.3 Å². The Labute approximate surface area is 525 Å². The number of cyclic esters (lactones) is 1. The number of imidazole rings is 1. The molecule has 15 aliphatic rings. The Kier molecular flexibility index (Phi) is 16.3. The number of aromatic nitrogens is 2. The number of carbonyl (C=O) groups excluding carboxylic acids is 4. The highest BCUT2D eigenvalue weighted by Crippen LogP contribution is 2.72. The van der Waals surface area contributed by atoms with Gasteiger partial charge in [-0.2, -0.15) is 0 Å². The van der Waals surface area contributed by atoms with E-state index in [0.29, 0.717) is 78.5 Å². The van der Waals surface area contributed by atoms with Gasteiger partial charge in [-0.1, -0.05) is 84.3 Å². The summed E-state index contributed by atoms with van der Waals surface area (Å²) >= 11 is 0. The maximum Gasteiger partial charge on any atom is 0.340 e. The second-order valence-corrected chi connectivity index (χ2v) is 31.5. The van der Waals surface area contributed by atoms with Gasteiger partial charge in [0.05, 0.1) is 47.1 Å². The number of imide groups is 1. The van der Waals surface area contributed by atoms with Crippen molar-refractivity contribution in [1.82, 2.24) is 30.8 Å². The quantitative estimate of drug-likeness (QED) is 0.0361. The minimum Gasteiger partial charge on any atom is -0.427 e. The normalized spacial score (nSPS) is 41.7. The first-order valence-corrected chi connectivity index (χ1v) is 36.2. The van der Waals surface area contributed by atoms with E-state index in [1.807, 2.05) is 17.0 Å². The van der Waals surface area contributed by atoms with Crippen molar-refractivity contribution in [2.45, 2.75) is 153 Å². The summed E-state index contributed by atoms with van der Waals surface area (Å²) in [5.74, 6) is 8.86. The first-order chi connectivity index (χ1) is 42.9. The van der Waals surface area contributed by atoms with Crippen molar-refractivity contribution in [1.29, 1.82) is 0 Å². The number of esters is 2. The lowest BCUT2D eigenvalue weighted by Gasteiger charge is -2.57. The minimum absolute atomic E-state index is 0.0355. The van der Waals surface area contributed by atoms with Gasteiger partial charge in [-0.3, -0.25) is 19.8 Å². The van der Waals surface area contributed by atoms with Crippen LogP contribution in [0, 0.1) is 111 Å². The third-order valence-electron chi connectivity index (χ3n) is 24.8. The molecular formula is C71H88N6O9S2. The van der Waals surface area contributed by atoms with Crippen LogP contribution in [-0.2, 0) is 35.1 Å². The fourth-order valence-corrected chi connectivity index (χ4v) is 23.5. The Morgan fingerprint density at radius 2 is 1.74 bits per heavy atom. The Morgan fingerprint density at radius 3 is 2.55 bits per heavy atom. The Hall–Kier alpha value is -5.09. The summed E-state index contributed by atoms with van der Waals surface area (Å²) in [6, 6.07) is -0.176. The molecule has 6 heterocycles. The molecule has 5 saturated carbocycles. The molecule has 2 amide bonds. The van der Waals surface area contributed by atoms with Crippen LogP contribution in [0.15, 0.2) is 106 Å². The van der Waals surface area contributed by atoms with Gasteiger partial charge in [-0.15, -0.1) is 0 Å². The molecule has 0 aromatic carbocycles. The first kappa shape index (κ1) is 59.2. The number of aliphatic hydroxyl groups excluding tert-OH is 3. The van der Waals surface area contributed by atoms with Crippen molar-refractivity contribution in [3.63, 3.8) is 0 Å². The van der Waals surface area contributed by atoms with Gasteiger partial charge in [0.1, 0.15) is 11.5 Å². The summed E-state index contributed by atoms with van der Waals surface area (Å²) in [5, 5.41) is 46.1. The average molecular weight is 1230 g/mol. The van der Waals surface area contributed by atoms with E-state index in [1.54, 1.807) is 17.1 Å². The van der Waals surface area contributed by atoms with Gasteiger partial charge in [0.2, 0.25) is 0 Å². The molecule has 0 radical (unpaired) electrons. The maximum absolute atomic E-state index is 15.9. The summed E-state index contributed by atoms with van der Waals surface area (Å²) in [6.07, 6.45) is 37.7. The van der Waals surface area contributed by atoms with Crippen LogP contribution in [0.1, 0.15) is 135 Å². The van der Waals surface area contributed by atoms with E-state index in [1.165, 1.54) is 17.1 Å². The van der Waals surface area contributed by atoms with Crippen LogP contribution < -0.4 is 16.0 Å². The number of nitrogens with zero attached hydrogens (tertiary/aromatic N) is 2. The fourth-order valence-electron chi connectivity index (χ4n) is 21.0. The number of aliphatic hydroxyl groups is 3. The van der Waals surface area contributed by atoms with Crippen molar-refractivity contribution in [2.75, 3.05) is 32.2 Å². The summed E-state index contributed by atoms with van der Waals surface area (Å²) in [6.45, 7) is 2.83. The number of dihydropyridines is 1. The van der Waals surface area contributed by atoms with Crippen LogP contribution in [0.25, 0.3) is 0 Å². The minimum atomic E-state index is -1.03. The highest BCUT2D eigenvalue weighted by molar-refractivity contribution is 8.76. The lowest BCUT2D eigenvalue weighted by molar-refractivity contribution is -0.138. The van der Waals surface area contributed by atoms with Gasteiger partial charge >= 0.3 is 11.9 Å². The molecule has 17 heteroatoms. The number of allylic oxidation sites excluding steroid dienone is 7. The molecule has 1 spiro atoms. The lowest BCUT2D eigenvalue weighted by atomic mass is 9.43. The fraction of sp³-hybridized carbons (Fsp3) is 0.648. The Morgan fingerprint density at radius 1 is 0.875 bits per heavy atom. The molecule has 1 aromatic heterocycles. The Bertz CT molecular complexity index is 3270. The molecule has 15 nitrogen and oxygen atoms in total. The molecule has 468 valence electrons. The zero-order valence-electron chi connectivity index (χ0n) is 50.8. The standard InChI is InChI=1S/C71H88N6O9S2/c1-2-70(22-3-4-23-70)32-55-50-14-13-49-48-20-24-71(64(49)63(50)68(83)85-55)56-17-15-51(61-46-11-10-42-9-8-39(35-78)26-41(36-79)27-40(28-46)29-52(42)61)67(76-54-16-12-43-6-5-7-45(60(43)66(54)82)30-47-33-72-37-74-47)88-87-38-75-57-31-44(21-25-73-57)53(62(48)65(71)69(84)86-56)34-77-58(80)18-19-59(77)81/h10-11,17-19,21,31-33,37,39-43,45-46,48-49,51-54,60-61,64,66-67,73,75-76,78-79,82H,2-7,12-16,20,22-30,34-36,38H2,1H3,(H,72,74)/b55-32-,56-17-/t39-,40+,41+,42-,43+,45+,46-,48+,49+,51+,52-,53+,54-,60+,61-,64-,66+,67-,71+/m1/s1. The number of hydrogen-bond donors (Lipinski definition) is 7. The number of nitrogens with one attached hydrogen (secondary N) is 4. The molecule has 10 aliphatic carbocycles. The predicted octanol–water partition coefficient (Wildman–Crippen LogP) is 9.62. The smallest absolute Gasteiger partial charge is 0.340 e. The molecule has 19 atom stereocenters. The zero-order chi connectivity index (χ0) is 60.0. The molecular weight excluding hydrogens is 1140 g/mol. The molecule has 1 aromatic rings. The van der Waals surface area contributed by atoms with Crippen LogP contribution in [0.2, 0.25) is 0 Å². The van der Waals surface area contributed by atoms with Gasteiger partial charge in [-0.25, -0.2) is 14.6 Å². The van der Waals surface area contributed by atoms with E-state index in [-0.39, 0.29) is 114 Å². The molecule has 10 bridgehead atoms. The number of aromatic amines is 1. The topological polar surface area (TPSA) is 215 Å². The third kappa shape index (κ3) is 10.3. The van der Waals surface area contributed by atoms with Gasteiger partial charge < -0.3 is 40.4 Å². The highest BCUT2D eigenvalue weighted by Gasteiger charge is 2.69. The van der Waals surface area contributed by atoms with Crippen molar-refractivity contribution in [2.24, 2.45) is 99.6 Å². The predicted molar refractivity (Wildman–Crippen MR) is 336 cm³/mol. The van der Waals surface area contributed by atoms with Crippen LogP contribution >= 0.6 is 21.6 Å². The van der Waals surface area contributed by atoms with Gasteiger partial charge in [0.25, 0.3) is 11.8 Å². The molecule has 1 saturated heterocycles. The Balaban J connectivity index is 0.894. The van der Waals surface area contributed by atoms with Crippen LogP contribution in [0.4, 0.5) is 0 Å². The number of rotatable bonds is 11.